The molecule has 0 N–H and O–H groups in total. The molecule has 1 aromatic carbocycles. The number of aryl methyl sites for hydroxylation is 1. The number of amides is 1. The van der Waals surface area contributed by atoms with Gasteiger partial charge in [-0.1, -0.05) is 17.7 Å². The van der Waals surface area contributed by atoms with Gasteiger partial charge in [0.1, 0.15) is 0 Å². The average Bonchev–Trinajstić information content (AvgIpc) is 3.30. The Labute approximate surface area is 134 Å². The Morgan fingerprint density at radius 3 is 2.27 bits per heavy atom. The van der Waals surface area contributed by atoms with Gasteiger partial charge in [-0.05, 0) is 76.2 Å². The number of carbonyl (C=O) groups is 1. The van der Waals surface area contributed by atoms with Crippen molar-refractivity contribution in [3.05, 3.63) is 34.9 Å². The van der Waals surface area contributed by atoms with E-state index in [1.54, 1.807) is 4.90 Å². The average molecular weight is 300 g/mol. The first-order valence-electron chi connectivity index (χ1n) is 8.58. The van der Waals surface area contributed by atoms with Crippen molar-refractivity contribution in [1.29, 1.82) is 0 Å². The quantitative estimate of drug-likeness (QED) is 0.794. The largest absolute Gasteiger partial charge is 0.337 e. The van der Waals surface area contributed by atoms with Crippen LogP contribution in [0.2, 0.25) is 0 Å². The van der Waals surface area contributed by atoms with Gasteiger partial charge in [-0.25, -0.2) is 0 Å². The van der Waals surface area contributed by atoms with Gasteiger partial charge in [0, 0.05) is 19.2 Å². The highest BCUT2D eigenvalue weighted by Crippen LogP contribution is 2.41. The van der Waals surface area contributed by atoms with Gasteiger partial charge < -0.3 is 9.80 Å². The van der Waals surface area contributed by atoms with E-state index in [1.807, 2.05) is 32.2 Å². The summed E-state index contributed by atoms with van der Waals surface area (Å²) in [4.78, 5) is 15.7. The van der Waals surface area contributed by atoms with Crippen LogP contribution in [-0.2, 0) is 6.54 Å². The number of likely N-dealkylation sites (tertiary alicyclic amines) is 1. The lowest BCUT2D eigenvalue weighted by molar-refractivity contribution is 0.0816. The van der Waals surface area contributed by atoms with Gasteiger partial charge in [-0.3, -0.25) is 4.79 Å². The maximum Gasteiger partial charge on any atom is 0.254 e. The molecule has 1 saturated carbocycles. The summed E-state index contributed by atoms with van der Waals surface area (Å²) in [5.74, 6) is 2.40. The van der Waals surface area contributed by atoms with Crippen molar-refractivity contribution in [2.45, 2.75) is 39.2 Å². The Kier molecular flexibility index (Phi) is 4.53. The molecule has 2 fully saturated rings. The van der Waals surface area contributed by atoms with Crippen LogP contribution < -0.4 is 0 Å². The van der Waals surface area contributed by atoms with Crippen LogP contribution in [0.1, 0.15) is 47.2 Å². The second-order valence-electron chi connectivity index (χ2n) is 7.30. The summed E-state index contributed by atoms with van der Waals surface area (Å²) in [5, 5.41) is 0. The number of hydrogen-bond donors (Lipinski definition) is 0. The number of nitrogens with zero attached hydrogens (tertiary/aromatic N) is 2. The van der Waals surface area contributed by atoms with Crippen LogP contribution in [0, 0.1) is 18.8 Å². The van der Waals surface area contributed by atoms with Gasteiger partial charge >= 0.3 is 0 Å². The van der Waals surface area contributed by atoms with Crippen molar-refractivity contribution in [3.63, 3.8) is 0 Å². The summed E-state index contributed by atoms with van der Waals surface area (Å²) < 4.78 is 0. The molecule has 1 saturated heterocycles. The fourth-order valence-corrected chi connectivity index (χ4v) is 3.63. The molecule has 1 aromatic rings. The van der Waals surface area contributed by atoms with Gasteiger partial charge in [-0.15, -0.1) is 0 Å². The highest BCUT2D eigenvalue weighted by molar-refractivity contribution is 5.98. The fraction of sp³-hybridized carbons (Fsp3) is 0.632. The molecule has 0 bridgehead atoms. The molecule has 0 spiro atoms. The summed E-state index contributed by atoms with van der Waals surface area (Å²) in [7, 11) is 4.07. The lowest BCUT2D eigenvalue weighted by Crippen LogP contribution is -2.30. The topological polar surface area (TPSA) is 23.6 Å². The van der Waals surface area contributed by atoms with Crippen LogP contribution >= 0.6 is 0 Å². The molecule has 0 aromatic heterocycles. The van der Waals surface area contributed by atoms with Gasteiger partial charge in [0.25, 0.3) is 5.91 Å². The number of piperidine rings is 1. The third-order valence-corrected chi connectivity index (χ3v) is 5.30. The third-order valence-electron chi connectivity index (χ3n) is 5.30. The molecule has 1 amide bonds. The lowest BCUT2D eigenvalue weighted by atomic mass is 9.92. The monoisotopic (exact) mass is 300 g/mol. The summed E-state index contributed by atoms with van der Waals surface area (Å²) in [6, 6.07) is 6.04. The summed E-state index contributed by atoms with van der Waals surface area (Å²) in [6.45, 7) is 5.46. The highest BCUT2D eigenvalue weighted by atomic mass is 16.2. The Hall–Kier alpha value is -1.35. The highest BCUT2D eigenvalue weighted by Gasteiger charge is 2.32. The van der Waals surface area contributed by atoms with Gasteiger partial charge in [0.15, 0.2) is 0 Å². The minimum absolute atomic E-state index is 0.147. The molecule has 3 heteroatoms. The van der Waals surface area contributed by atoms with Crippen LogP contribution in [0.5, 0.6) is 0 Å². The van der Waals surface area contributed by atoms with Crippen LogP contribution in [-0.4, -0.2) is 42.9 Å². The van der Waals surface area contributed by atoms with E-state index in [0.717, 1.165) is 35.1 Å². The van der Waals surface area contributed by atoms with Gasteiger partial charge in [0.05, 0.1) is 0 Å². The molecule has 0 atom stereocenters. The predicted molar refractivity (Wildman–Crippen MR) is 89.9 cm³/mol. The molecule has 2 aliphatic heterocycles. The van der Waals surface area contributed by atoms with E-state index in [1.165, 1.54) is 38.8 Å². The summed E-state index contributed by atoms with van der Waals surface area (Å²) in [6.07, 6.45) is 6.02. The summed E-state index contributed by atoms with van der Waals surface area (Å²) in [5.41, 5.74) is 3.17. The standard InChI is InChI=1S/C10H11NO.C9H17N/c1-7-3-4-8-6-11(2)10(12)9(8)5-7;1-10-6-4-9(5-7-10)8-2-3-8/h3-5H,6H2,1-2H3;8-9H,2-7H2,1H3. The van der Waals surface area contributed by atoms with E-state index < -0.39 is 0 Å². The third kappa shape index (κ3) is 3.52. The zero-order chi connectivity index (χ0) is 15.7. The molecular formula is C19H28N2O. The molecule has 120 valence electrons. The van der Waals surface area contributed by atoms with E-state index in [9.17, 15) is 4.79 Å². The molecule has 0 unspecified atom stereocenters. The maximum absolute atomic E-state index is 11.5. The molecular weight excluding hydrogens is 272 g/mol. The van der Waals surface area contributed by atoms with E-state index in [2.05, 4.69) is 11.9 Å². The summed E-state index contributed by atoms with van der Waals surface area (Å²) >= 11 is 0. The van der Waals surface area contributed by atoms with Gasteiger partial charge in [-0.2, -0.15) is 0 Å². The van der Waals surface area contributed by atoms with Gasteiger partial charge in [0.2, 0.25) is 0 Å². The van der Waals surface area contributed by atoms with E-state index >= 15 is 0 Å². The van der Waals surface area contributed by atoms with E-state index in [0.29, 0.717) is 0 Å². The smallest absolute Gasteiger partial charge is 0.254 e. The van der Waals surface area contributed by atoms with E-state index in [4.69, 9.17) is 0 Å². The van der Waals surface area contributed by atoms with Crippen molar-refractivity contribution in [1.82, 2.24) is 9.80 Å². The maximum atomic E-state index is 11.5. The second kappa shape index (κ2) is 6.41. The molecule has 0 radical (unpaired) electrons. The number of carbonyl (C=O) groups excluding carboxylic acids is 1. The number of fused-ring (bicyclic) bond motifs is 1. The Morgan fingerprint density at radius 1 is 1.00 bits per heavy atom. The minimum atomic E-state index is 0.147. The van der Waals surface area contributed by atoms with Crippen molar-refractivity contribution in [2.24, 2.45) is 11.8 Å². The first-order chi connectivity index (χ1) is 10.5. The molecule has 4 rings (SSSR count). The van der Waals surface area contributed by atoms with Crippen molar-refractivity contribution in [2.75, 3.05) is 27.2 Å². The molecule has 3 aliphatic rings. The Balaban J connectivity index is 0.000000133. The first-order valence-corrected chi connectivity index (χ1v) is 8.58. The number of rotatable bonds is 1. The zero-order valence-electron chi connectivity index (χ0n) is 14.1. The van der Waals surface area contributed by atoms with Crippen molar-refractivity contribution >= 4 is 5.91 Å². The molecule has 1 aliphatic carbocycles. The van der Waals surface area contributed by atoms with Crippen LogP contribution in [0.25, 0.3) is 0 Å². The number of benzene rings is 1. The second-order valence-corrected chi connectivity index (χ2v) is 7.30. The molecule has 22 heavy (non-hydrogen) atoms. The fourth-order valence-electron chi connectivity index (χ4n) is 3.63. The van der Waals surface area contributed by atoms with E-state index in [-0.39, 0.29) is 5.91 Å². The zero-order valence-corrected chi connectivity index (χ0v) is 14.1. The Bertz CT molecular complexity index is 542. The van der Waals surface area contributed by atoms with Crippen LogP contribution in [0.3, 0.4) is 0 Å². The normalized spacial score (nSPS) is 22.3. The van der Waals surface area contributed by atoms with Crippen molar-refractivity contribution in [3.8, 4) is 0 Å². The minimum Gasteiger partial charge on any atom is -0.337 e. The SMILES string of the molecule is CN1CCC(C2CC2)CC1.Cc1ccc2c(c1)C(=O)N(C)C2. The predicted octanol–water partition coefficient (Wildman–Crippen LogP) is 3.32. The molecule has 2 heterocycles. The number of hydrogen-bond acceptors (Lipinski definition) is 2. The lowest BCUT2D eigenvalue weighted by Gasteiger charge is -2.28. The van der Waals surface area contributed by atoms with Crippen LogP contribution in [0.15, 0.2) is 18.2 Å². The molecule has 3 nitrogen and oxygen atoms in total. The Morgan fingerprint density at radius 2 is 1.64 bits per heavy atom. The van der Waals surface area contributed by atoms with Crippen LogP contribution in [0.4, 0.5) is 0 Å². The first kappa shape index (κ1) is 15.5. The van der Waals surface area contributed by atoms with Crippen molar-refractivity contribution < 1.29 is 4.79 Å².